The largest absolute Gasteiger partial charge is 0.508 e. The van der Waals surface area contributed by atoms with E-state index in [1.807, 2.05) is 39.8 Å². The molecule has 0 radical (unpaired) electrons. The minimum atomic E-state index is -0.825. The molecule has 0 spiro atoms. The fourth-order valence-electron chi connectivity index (χ4n) is 6.62. The summed E-state index contributed by atoms with van der Waals surface area (Å²) in [5, 5.41) is 61.3. The maximum atomic E-state index is 12.9. The molecule has 7 rings (SSSR count). The summed E-state index contributed by atoms with van der Waals surface area (Å²) < 4.78 is 17.8. The second-order valence-corrected chi connectivity index (χ2v) is 13.9. The Labute approximate surface area is 309 Å². The molecule has 0 fully saturated rings. The summed E-state index contributed by atoms with van der Waals surface area (Å²) in [4.78, 5) is 38.1. The van der Waals surface area contributed by atoms with Crippen molar-refractivity contribution < 1.29 is 54.1 Å². The molecule has 2 heterocycles. The molecule has 0 saturated carbocycles. The summed E-state index contributed by atoms with van der Waals surface area (Å²) in [5.41, 5.74) is 0.808. The predicted molar refractivity (Wildman–Crippen MR) is 201 cm³/mol. The number of methoxy groups -OCH3 is 1. The minimum Gasteiger partial charge on any atom is -0.508 e. The molecule has 0 unspecified atom stereocenters. The maximum Gasteiger partial charge on any atom is 0.348 e. The summed E-state index contributed by atoms with van der Waals surface area (Å²) in [7, 11) is 1.52. The van der Waals surface area contributed by atoms with Gasteiger partial charge in [0, 0.05) is 5.56 Å². The lowest BCUT2D eigenvalue weighted by atomic mass is 9.80. The van der Waals surface area contributed by atoms with E-state index in [9.17, 15) is 45.0 Å². The molecule has 4 aromatic carbocycles. The van der Waals surface area contributed by atoms with Gasteiger partial charge in [0.15, 0.2) is 5.58 Å². The molecule has 278 valence electrons. The van der Waals surface area contributed by atoms with Crippen LogP contribution in [0.3, 0.4) is 0 Å². The van der Waals surface area contributed by atoms with Gasteiger partial charge < -0.3 is 44.5 Å². The Morgan fingerprint density at radius 3 is 1.81 bits per heavy atom. The quantitative estimate of drug-likeness (QED) is 0.0593. The molecule has 5 aromatic rings. The smallest absolute Gasteiger partial charge is 0.348 e. The Morgan fingerprint density at radius 2 is 1.31 bits per heavy atom. The molecule has 12 nitrogen and oxygen atoms in total. The number of rotatable bonds is 4. The van der Waals surface area contributed by atoms with Gasteiger partial charge in [0.1, 0.15) is 62.5 Å². The molecule has 0 saturated heterocycles. The summed E-state index contributed by atoms with van der Waals surface area (Å²) in [6, 6.07) is 8.32. The van der Waals surface area contributed by atoms with E-state index in [0.29, 0.717) is 34.4 Å². The predicted octanol–water partition coefficient (Wildman–Crippen LogP) is 7.47. The first-order chi connectivity index (χ1) is 25.4. The van der Waals surface area contributed by atoms with Crippen LogP contribution in [0.2, 0.25) is 0 Å². The summed E-state index contributed by atoms with van der Waals surface area (Å²) in [5.74, 6) is -2.67. The van der Waals surface area contributed by atoms with Crippen molar-refractivity contribution in [3.8, 4) is 57.1 Å². The molecule has 0 bridgehead atoms. The fourth-order valence-corrected chi connectivity index (χ4v) is 6.62. The van der Waals surface area contributed by atoms with Crippen LogP contribution < -0.4 is 15.1 Å². The molecule has 2 aliphatic rings. The standard InChI is InChI=1S/C26H26O6.C16H12O6/c1-14(2)6-11-17-22-18(12-13-26(3,4)32-22)24-20(23(17)30-5)21(28)19(25(29)31-24)15-7-9-16(27)10-8-15;1-5-3-7(17)9-11(13(5)19)15(21)10-8(18)4-6(2)14(20)12(10)16(9)22/h6-10,12-13,27-28H,11H2,1-5H3;3-4,17-20H,1-2H3. The van der Waals surface area contributed by atoms with Gasteiger partial charge in [0.05, 0.1) is 34.9 Å². The van der Waals surface area contributed by atoms with Gasteiger partial charge in [-0.25, -0.2) is 4.79 Å². The Balaban J connectivity index is 0.000000197. The number of ketones is 2. The lowest BCUT2D eigenvalue weighted by Gasteiger charge is -2.31. The van der Waals surface area contributed by atoms with E-state index >= 15 is 0 Å². The summed E-state index contributed by atoms with van der Waals surface area (Å²) >= 11 is 0. The van der Waals surface area contributed by atoms with Gasteiger partial charge in [-0.15, -0.1) is 0 Å². The van der Waals surface area contributed by atoms with E-state index < -0.39 is 45.8 Å². The normalized spacial score (nSPS) is 13.6. The Hall–Kier alpha value is -6.69. The van der Waals surface area contributed by atoms with Crippen molar-refractivity contribution in [2.45, 2.75) is 53.6 Å². The highest BCUT2D eigenvalue weighted by Gasteiger charge is 2.39. The number of benzene rings is 4. The zero-order valence-corrected chi connectivity index (χ0v) is 30.5. The number of ether oxygens (including phenoxy) is 2. The SMILES string of the molecule is COc1c(CC=C(C)C)c2c(c3oc(=O)c(-c4ccc(O)cc4)c(O)c13)C=CC(C)(C)O2.Cc1cc(O)c2c(c1O)C(=O)c1c(O)cc(C)c(O)c1C2=O. The van der Waals surface area contributed by atoms with Gasteiger partial charge in [-0.2, -0.15) is 0 Å². The lowest BCUT2D eigenvalue weighted by Crippen LogP contribution is -2.28. The number of carbonyl (C=O) groups is 2. The number of hydrogen-bond donors (Lipinski definition) is 6. The highest BCUT2D eigenvalue weighted by atomic mass is 16.5. The molecule has 0 amide bonds. The topological polar surface area (TPSA) is 204 Å². The van der Waals surface area contributed by atoms with Crippen LogP contribution in [0.1, 0.15) is 81.8 Å². The van der Waals surface area contributed by atoms with Crippen molar-refractivity contribution in [2.75, 3.05) is 7.11 Å². The van der Waals surface area contributed by atoms with Gasteiger partial charge in [-0.3, -0.25) is 9.59 Å². The van der Waals surface area contributed by atoms with Crippen molar-refractivity contribution in [1.29, 1.82) is 0 Å². The lowest BCUT2D eigenvalue weighted by molar-refractivity contribution is 0.0969. The van der Waals surface area contributed by atoms with Crippen LogP contribution in [0.4, 0.5) is 0 Å². The fraction of sp³-hybridized carbons (Fsp3) is 0.214. The molecule has 0 atom stereocenters. The van der Waals surface area contributed by atoms with E-state index in [-0.39, 0.29) is 56.0 Å². The highest BCUT2D eigenvalue weighted by molar-refractivity contribution is 6.32. The molecular weight excluding hydrogens is 696 g/mol. The van der Waals surface area contributed by atoms with Gasteiger partial charge in [-0.1, -0.05) is 23.8 Å². The maximum absolute atomic E-state index is 12.9. The Morgan fingerprint density at radius 1 is 0.778 bits per heavy atom. The molecular formula is C42H38O12. The first-order valence-corrected chi connectivity index (χ1v) is 16.8. The second kappa shape index (κ2) is 13.4. The van der Waals surface area contributed by atoms with Crippen molar-refractivity contribution >= 4 is 28.6 Å². The zero-order valence-electron chi connectivity index (χ0n) is 30.5. The molecule has 1 aliphatic heterocycles. The number of aryl methyl sites for hydroxylation is 2. The second-order valence-electron chi connectivity index (χ2n) is 13.9. The summed E-state index contributed by atoms with van der Waals surface area (Å²) in [6.07, 6.45) is 6.31. The van der Waals surface area contributed by atoms with E-state index in [2.05, 4.69) is 6.08 Å². The van der Waals surface area contributed by atoms with Crippen LogP contribution in [0.15, 0.2) is 63.3 Å². The first kappa shape index (κ1) is 37.1. The van der Waals surface area contributed by atoms with Gasteiger partial charge in [0.25, 0.3) is 0 Å². The number of phenols is 5. The van der Waals surface area contributed by atoms with E-state index in [4.69, 9.17) is 13.9 Å². The third-order valence-electron chi connectivity index (χ3n) is 9.30. The average Bonchev–Trinajstić information content (AvgIpc) is 3.09. The number of aromatic hydroxyl groups is 6. The van der Waals surface area contributed by atoms with Gasteiger partial charge >= 0.3 is 5.63 Å². The van der Waals surface area contributed by atoms with E-state index in [1.54, 1.807) is 12.1 Å². The van der Waals surface area contributed by atoms with Crippen LogP contribution in [-0.4, -0.2) is 54.9 Å². The molecule has 1 aliphatic carbocycles. The van der Waals surface area contributed by atoms with Crippen LogP contribution >= 0.6 is 0 Å². The van der Waals surface area contributed by atoms with Crippen molar-refractivity contribution in [3.05, 3.63) is 109 Å². The van der Waals surface area contributed by atoms with Gasteiger partial charge in [-0.05, 0) is 101 Å². The van der Waals surface area contributed by atoms with Gasteiger partial charge in [0.2, 0.25) is 11.6 Å². The third kappa shape index (κ3) is 6.05. The Bertz CT molecular complexity index is 2470. The molecule has 1 aromatic heterocycles. The zero-order chi connectivity index (χ0) is 39.5. The number of carbonyl (C=O) groups excluding carboxylic acids is 2. The first-order valence-electron chi connectivity index (χ1n) is 16.8. The van der Waals surface area contributed by atoms with Crippen molar-refractivity contribution in [2.24, 2.45) is 0 Å². The monoisotopic (exact) mass is 734 g/mol. The minimum absolute atomic E-state index is 0.00458. The summed E-state index contributed by atoms with van der Waals surface area (Å²) in [6.45, 7) is 10.8. The third-order valence-corrected chi connectivity index (χ3v) is 9.30. The van der Waals surface area contributed by atoms with Crippen molar-refractivity contribution in [1.82, 2.24) is 0 Å². The molecule has 6 N–H and O–H groups in total. The number of phenolic OH excluding ortho intramolecular Hbond substituents is 5. The number of allylic oxidation sites excluding steroid dienone is 2. The van der Waals surface area contributed by atoms with Crippen LogP contribution in [0, 0.1) is 13.8 Å². The Kier molecular flexibility index (Phi) is 9.18. The number of hydrogen-bond acceptors (Lipinski definition) is 12. The molecule has 54 heavy (non-hydrogen) atoms. The number of fused-ring (bicyclic) bond motifs is 5. The highest BCUT2D eigenvalue weighted by Crippen LogP contribution is 2.50. The van der Waals surface area contributed by atoms with Crippen LogP contribution in [0.25, 0.3) is 28.2 Å². The van der Waals surface area contributed by atoms with E-state index in [1.165, 1.54) is 33.1 Å². The van der Waals surface area contributed by atoms with Crippen LogP contribution in [-0.2, 0) is 6.42 Å². The molecule has 12 heteroatoms. The van der Waals surface area contributed by atoms with E-state index in [0.717, 1.165) is 23.3 Å². The average molecular weight is 735 g/mol. The van der Waals surface area contributed by atoms with Crippen LogP contribution in [0.5, 0.6) is 46.0 Å². The van der Waals surface area contributed by atoms with Crippen molar-refractivity contribution in [3.63, 3.8) is 0 Å².